The largest absolute Gasteiger partial charge is 0.493 e. The first-order valence-corrected chi connectivity index (χ1v) is 9.94. The van der Waals surface area contributed by atoms with Gasteiger partial charge in [-0.3, -0.25) is 19.7 Å². The molecule has 2 aromatic rings. The number of rotatable bonds is 7. The molecule has 0 aromatic heterocycles. The summed E-state index contributed by atoms with van der Waals surface area (Å²) >= 11 is 0. The number of ether oxygens (including phenoxy) is 3. The van der Waals surface area contributed by atoms with Crippen LogP contribution in [-0.2, 0) is 15.0 Å². The molecular weight excluding hydrogens is 400 g/mol. The molecule has 2 aromatic carbocycles. The summed E-state index contributed by atoms with van der Waals surface area (Å²) in [4.78, 5) is 36.9. The number of benzene rings is 2. The number of piperidine rings is 1. The minimum absolute atomic E-state index is 0.247. The molecule has 1 heterocycles. The second-order valence-corrected chi connectivity index (χ2v) is 7.26. The molecule has 8 nitrogen and oxygen atoms in total. The average molecular weight is 426 g/mol. The summed E-state index contributed by atoms with van der Waals surface area (Å²) in [7, 11) is 4.46. The van der Waals surface area contributed by atoms with Crippen molar-refractivity contribution in [2.75, 3.05) is 26.6 Å². The third-order valence-electron chi connectivity index (χ3n) is 5.69. The molecule has 31 heavy (non-hydrogen) atoms. The molecule has 0 radical (unpaired) electrons. The van der Waals surface area contributed by atoms with E-state index < -0.39 is 5.41 Å². The monoisotopic (exact) mass is 426 g/mol. The molecule has 8 heteroatoms. The normalized spacial score (nSPS) is 18.2. The van der Waals surface area contributed by atoms with Gasteiger partial charge in [-0.25, -0.2) is 0 Å². The molecule has 1 aliphatic heterocycles. The summed E-state index contributed by atoms with van der Waals surface area (Å²) in [6, 6.07) is 10.2. The third-order valence-corrected chi connectivity index (χ3v) is 5.69. The lowest BCUT2D eigenvalue weighted by Gasteiger charge is -2.35. The Kier molecular flexibility index (Phi) is 6.48. The zero-order chi connectivity index (χ0) is 22.6. The number of amides is 3. The lowest BCUT2D eigenvalue weighted by atomic mass is 9.72. The van der Waals surface area contributed by atoms with Crippen molar-refractivity contribution in [3.8, 4) is 17.2 Å². The Morgan fingerprint density at radius 2 is 1.65 bits per heavy atom. The molecule has 0 aliphatic carbocycles. The average Bonchev–Trinajstić information content (AvgIpc) is 2.79. The van der Waals surface area contributed by atoms with Crippen LogP contribution in [0.15, 0.2) is 36.4 Å². The highest BCUT2D eigenvalue weighted by Gasteiger charge is 2.42. The maximum atomic E-state index is 12.8. The number of imide groups is 1. The summed E-state index contributed by atoms with van der Waals surface area (Å²) < 4.78 is 15.9. The number of anilines is 1. The predicted octanol–water partition coefficient (Wildman–Crippen LogP) is 3.05. The van der Waals surface area contributed by atoms with E-state index in [0.717, 1.165) is 5.56 Å². The highest BCUT2D eigenvalue weighted by Crippen LogP contribution is 2.39. The number of carbonyl (C=O) groups excluding carboxylic acids is 3. The standard InChI is InChI=1S/C23H26N2O6/c1-5-23(11-10-19(26)25-22(23)28)15-6-8-16(9-7-15)24-21(27)14-12-17(29-2)20(31-4)18(13-14)30-3/h6-9,12-13H,5,10-11H2,1-4H3,(H,24,27)(H,25,26,28)/t23-/m0/s1. The van der Waals surface area contributed by atoms with Gasteiger partial charge in [0, 0.05) is 17.7 Å². The summed E-state index contributed by atoms with van der Waals surface area (Å²) in [5, 5.41) is 5.27. The van der Waals surface area contributed by atoms with Crippen molar-refractivity contribution in [3.05, 3.63) is 47.5 Å². The Balaban J connectivity index is 1.82. The van der Waals surface area contributed by atoms with Crippen molar-refractivity contribution in [1.82, 2.24) is 5.32 Å². The van der Waals surface area contributed by atoms with E-state index in [1.54, 1.807) is 24.3 Å². The van der Waals surface area contributed by atoms with E-state index in [-0.39, 0.29) is 17.7 Å². The number of hydrogen-bond acceptors (Lipinski definition) is 6. The smallest absolute Gasteiger partial charge is 0.255 e. The molecule has 3 amide bonds. The van der Waals surface area contributed by atoms with E-state index in [2.05, 4.69) is 10.6 Å². The first-order valence-electron chi connectivity index (χ1n) is 9.94. The fourth-order valence-electron chi connectivity index (χ4n) is 3.85. The number of nitrogens with one attached hydrogen (secondary N) is 2. The van der Waals surface area contributed by atoms with Crippen molar-refractivity contribution in [2.45, 2.75) is 31.6 Å². The summed E-state index contributed by atoms with van der Waals surface area (Å²) in [5.41, 5.74) is 0.980. The molecule has 0 bridgehead atoms. The zero-order valence-electron chi connectivity index (χ0n) is 18.0. The van der Waals surface area contributed by atoms with Crippen LogP contribution in [0.3, 0.4) is 0 Å². The van der Waals surface area contributed by atoms with E-state index in [0.29, 0.717) is 47.8 Å². The molecule has 1 fully saturated rings. The molecular formula is C23H26N2O6. The maximum Gasteiger partial charge on any atom is 0.255 e. The number of hydrogen-bond donors (Lipinski definition) is 2. The van der Waals surface area contributed by atoms with Crippen LogP contribution in [0.2, 0.25) is 0 Å². The Morgan fingerprint density at radius 3 is 2.13 bits per heavy atom. The highest BCUT2D eigenvalue weighted by molar-refractivity contribution is 6.05. The van der Waals surface area contributed by atoms with E-state index in [1.165, 1.54) is 21.3 Å². The van der Waals surface area contributed by atoms with Crippen LogP contribution in [0.25, 0.3) is 0 Å². The van der Waals surface area contributed by atoms with Crippen LogP contribution < -0.4 is 24.8 Å². The van der Waals surface area contributed by atoms with E-state index in [4.69, 9.17) is 14.2 Å². The van der Waals surface area contributed by atoms with Crippen molar-refractivity contribution in [3.63, 3.8) is 0 Å². The summed E-state index contributed by atoms with van der Waals surface area (Å²) in [5.74, 6) is 0.289. The molecule has 1 aliphatic rings. The molecule has 1 atom stereocenters. The minimum atomic E-state index is -0.743. The van der Waals surface area contributed by atoms with Gasteiger partial charge in [-0.1, -0.05) is 19.1 Å². The van der Waals surface area contributed by atoms with Gasteiger partial charge in [0.05, 0.1) is 26.7 Å². The summed E-state index contributed by atoms with van der Waals surface area (Å²) in [6.45, 7) is 1.93. The highest BCUT2D eigenvalue weighted by atomic mass is 16.5. The van der Waals surface area contributed by atoms with E-state index in [1.807, 2.05) is 19.1 Å². The van der Waals surface area contributed by atoms with Gasteiger partial charge in [0.15, 0.2) is 11.5 Å². The van der Waals surface area contributed by atoms with Crippen molar-refractivity contribution in [1.29, 1.82) is 0 Å². The number of carbonyl (C=O) groups is 3. The Bertz CT molecular complexity index is 977. The first kappa shape index (κ1) is 22.1. The van der Waals surface area contributed by atoms with E-state index in [9.17, 15) is 14.4 Å². The second-order valence-electron chi connectivity index (χ2n) is 7.26. The Hall–Kier alpha value is -3.55. The first-order chi connectivity index (χ1) is 14.9. The Morgan fingerprint density at radius 1 is 1.03 bits per heavy atom. The Labute approximate surface area is 180 Å². The molecule has 0 saturated carbocycles. The lowest BCUT2D eigenvalue weighted by molar-refractivity contribution is -0.138. The van der Waals surface area contributed by atoms with Crippen molar-refractivity contribution in [2.24, 2.45) is 0 Å². The van der Waals surface area contributed by atoms with E-state index >= 15 is 0 Å². The lowest BCUT2D eigenvalue weighted by Crippen LogP contribution is -2.51. The van der Waals surface area contributed by atoms with Crippen LogP contribution >= 0.6 is 0 Å². The molecule has 164 valence electrons. The van der Waals surface area contributed by atoms with Crippen LogP contribution in [0, 0.1) is 0 Å². The molecule has 3 rings (SSSR count). The zero-order valence-corrected chi connectivity index (χ0v) is 18.0. The van der Waals surface area contributed by atoms with Gasteiger partial charge >= 0.3 is 0 Å². The minimum Gasteiger partial charge on any atom is -0.493 e. The SMILES string of the molecule is CC[C@@]1(c2ccc(NC(=O)c3cc(OC)c(OC)c(OC)c3)cc2)CCC(=O)NC1=O. The van der Waals surface area contributed by atoms with Gasteiger partial charge in [0.1, 0.15) is 0 Å². The van der Waals surface area contributed by atoms with Gasteiger partial charge in [-0.15, -0.1) is 0 Å². The maximum absolute atomic E-state index is 12.8. The van der Waals surface area contributed by atoms with Gasteiger partial charge in [-0.2, -0.15) is 0 Å². The molecule has 1 saturated heterocycles. The molecule has 0 spiro atoms. The molecule has 0 unspecified atom stereocenters. The van der Waals surface area contributed by atoms with Gasteiger partial charge in [0.25, 0.3) is 5.91 Å². The topological polar surface area (TPSA) is 103 Å². The van der Waals surface area contributed by atoms with Gasteiger partial charge < -0.3 is 19.5 Å². The third kappa shape index (κ3) is 4.19. The number of methoxy groups -OCH3 is 3. The van der Waals surface area contributed by atoms with Crippen molar-refractivity contribution < 1.29 is 28.6 Å². The van der Waals surface area contributed by atoms with Crippen LogP contribution in [0.5, 0.6) is 17.2 Å². The predicted molar refractivity (Wildman–Crippen MR) is 115 cm³/mol. The quantitative estimate of drug-likeness (QED) is 0.660. The fraction of sp³-hybridized carbons (Fsp3) is 0.348. The fourth-order valence-corrected chi connectivity index (χ4v) is 3.85. The second kappa shape index (κ2) is 9.07. The van der Waals surface area contributed by atoms with Gasteiger partial charge in [0.2, 0.25) is 17.6 Å². The van der Waals surface area contributed by atoms with Crippen LogP contribution in [0.1, 0.15) is 42.1 Å². The van der Waals surface area contributed by atoms with Gasteiger partial charge in [-0.05, 0) is 42.7 Å². The van der Waals surface area contributed by atoms with Crippen LogP contribution in [0.4, 0.5) is 5.69 Å². The van der Waals surface area contributed by atoms with Crippen molar-refractivity contribution >= 4 is 23.4 Å². The molecule has 2 N–H and O–H groups in total. The van der Waals surface area contributed by atoms with Crippen LogP contribution in [-0.4, -0.2) is 39.1 Å². The summed E-state index contributed by atoms with van der Waals surface area (Å²) in [6.07, 6.45) is 1.34.